The summed E-state index contributed by atoms with van der Waals surface area (Å²) in [6.45, 7) is 0.399. The van der Waals surface area contributed by atoms with E-state index < -0.39 is 34.4 Å². The number of Topliss-reactive ketones (excluding diaryl/α,β-unsaturated/α-hetero) is 1. The number of rotatable bonds is 2. The van der Waals surface area contributed by atoms with E-state index >= 15 is 0 Å². The molecule has 1 heterocycles. The average molecular weight is 266 g/mol. The molecule has 6 nitrogen and oxygen atoms in total. The Labute approximate surface area is 108 Å². The van der Waals surface area contributed by atoms with E-state index in [4.69, 9.17) is 0 Å². The van der Waals surface area contributed by atoms with Crippen LogP contribution in [-0.2, 0) is 4.79 Å². The SMILES string of the molecule is CN1C(=O)[C@](C)(C[N+](=O)[O-])C(=O)c2cc(F)ccc21. The Balaban J connectivity index is 2.62. The topological polar surface area (TPSA) is 80.5 Å². The monoisotopic (exact) mass is 266 g/mol. The van der Waals surface area contributed by atoms with Gasteiger partial charge in [0.15, 0.2) is 11.2 Å². The second-order valence-electron chi connectivity index (χ2n) is 4.68. The molecule has 0 spiro atoms. The molecule has 0 fully saturated rings. The van der Waals surface area contributed by atoms with Gasteiger partial charge in [0.05, 0.1) is 5.69 Å². The highest BCUT2D eigenvalue weighted by atomic mass is 19.1. The molecule has 100 valence electrons. The Morgan fingerprint density at radius 2 is 2.05 bits per heavy atom. The van der Waals surface area contributed by atoms with E-state index in [0.717, 1.165) is 17.0 Å². The van der Waals surface area contributed by atoms with E-state index in [9.17, 15) is 24.1 Å². The van der Waals surface area contributed by atoms with Crippen LogP contribution in [0.25, 0.3) is 0 Å². The molecule has 1 aromatic carbocycles. The molecule has 7 heteroatoms. The summed E-state index contributed by atoms with van der Waals surface area (Å²) in [6, 6.07) is 3.44. The van der Waals surface area contributed by atoms with Crippen LogP contribution in [0.4, 0.5) is 10.1 Å². The molecule has 2 rings (SSSR count). The Bertz CT molecular complexity index is 601. The first kappa shape index (κ1) is 13.1. The van der Waals surface area contributed by atoms with Gasteiger partial charge < -0.3 is 4.90 Å². The molecule has 0 aliphatic carbocycles. The van der Waals surface area contributed by atoms with Crippen LogP contribution in [0.2, 0.25) is 0 Å². The van der Waals surface area contributed by atoms with E-state index in [1.807, 2.05) is 0 Å². The lowest BCUT2D eigenvalue weighted by Crippen LogP contribution is -2.53. The first-order chi connectivity index (χ1) is 8.77. The molecular formula is C12H11FN2O4. The van der Waals surface area contributed by atoms with Crippen LogP contribution in [0.5, 0.6) is 0 Å². The molecule has 1 amide bonds. The van der Waals surface area contributed by atoms with Crippen molar-refractivity contribution < 1.29 is 18.9 Å². The van der Waals surface area contributed by atoms with Gasteiger partial charge in [-0.1, -0.05) is 0 Å². The van der Waals surface area contributed by atoms with Crippen LogP contribution in [0.1, 0.15) is 17.3 Å². The smallest absolute Gasteiger partial charge is 0.247 e. The molecule has 1 aliphatic heterocycles. The number of hydrogen-bond acceptors (Lipinski definition) is 4. The third-order valence-corrected chi connectivity index (χ3v) is 3.29. The van der Waals surface area contributed by atoms with Crippen LogP contribution >= 0.6 is 0 Å². The number of ketones is 1. The fourth-order valence-corrected chi connectivity index (χ4v) is 2.25. The minimum absolute atomic E-state index is 0.00792. The van der Waals surface area contributed by atoms with Gasteiger partial charge in [-0.15, -0.1) is 0 Å². The molecule has 0 N–H and O–H groups in total. The predicted octanol–water partition coefficient (Wildman–Crippen LogP) is 1.27. The van der Waals surface area contributed by atoms with Crippen molar-refractivity contribution in [2.75, 3.05) is 18.5 Å². The van der Waals surface area contributed by atoms with E-state index in [0.29, 0.717) is 0 Å². The Morgan fingerprint density at radius 3 is 2.63 bits per heavy atom. The van der Waals surface area contributed by atoms with E-state index in [1.54, 1.807) is 0 Å². The Morgan fingerprint density at radius 1 is 1.42 bits per heavy atom. The number of carbonyl (C=O) groups is 2. The first-order valence-corrected chi connectivity index (χ1v) is 5.51. The van der Waals surface area contributed by atoms with Crippen LogP contribution in [0.3, 0.4) is 0 Å². The van der Waals surface area contributed by atoms with Gasteiger partial charge in [0.25, 0.3) is 0 Å². The summed E-state index contributed by atoms with van der Waals surface area (Å²) < 4.78 is 13.2. The van der Waals surface area contributed by atoms with Crippen LogP contribution in [0, 0.1) is 21.3 Å². The average Bonchev–Trinajstić information content (AvgIpc) is 2.33. The fourth-order valence-electron chi connectivity index (χ4n) is 2.25. The maximum Gasteiger partial charge on any atom is 0.247 e. The van der Waals surface area contributed by atoms with E-state index in [2.05, 4.69) is 0 Å². The molecule has 0 aromatic heterocycles. The zero-order chi connectivity index (χ0) is 14.4. The minimum atomic E-state index is -1.79. The van der Waals surface area contributed by atoms with Crippen molar-refractivity contribution in [1.29, 1.82) is 0 Å². The van der Waals surface area contributed by atoms with Crippen molar-refractivity contribution in [1.82, 2.24) is 0 Å². The van der Waals surface area contributed by atoms with Gasteiger partial charge in [0.2, 0.25) is 12.5 Å². The Kier molecular flexibility index (Phi) is 2.84. The molecule has 0 bridgehead atoms. The summed E-state index contributed by atoms with van der Waals surface area (Å²) in [4.78, 5) is 35.5. The summed E-state index contributed by atoms with van der Waals surface area (Å²) >= 11 is 0. The highest BCUT2D eigenvalue weighted by Crippen LogP contribution is 2.37. The van der Waals surface area contributed by atoms with Gasteiger partial charge in [-0.2, -0.15) is 0 Å². The molecule has 0 saturated heterocycles. The van der Waals surface area contributed by atoms with E-state index in [1.165, 1.54) is 20.0 Å². The van der Waals surface area contributed by atoms with Gasteiger partial charge in [-0.05, 0) is 25.1 Å². The van der Waals surface area contributed by atoms with Gasteiger partial charge in [-0.25, -0.2) is 4.39 Å². The van der Waals surface area contributed by atoms with Gasteiger partial charge in [0.1, 0.15) is 5.82 Å². The van der Waals surface area contributed by atoms with Crippen molar-refractivity contribution >= 4 is 17.4 Å². The van der Waals surface area contributed by atoms with Crippen molar-refractivity contribution in [3.8, 4) is 0 Å². The fraction of sp³-hybridized carbons (Fsp3) is 0.333. The highest BCUT2D eigenvalue weighted by molar-refractivity contribution is 6.24. The quantitative estimate of drug-likeness (QED) is 0.458. The van der Waals surface area contributed by atoms with Crippen LogP contribution in [0.15, 0.2) is 18.2 Å². The first-order valence-electron chi connectivity index (χ1n) is 5.51. The number of carbonyl (C=O) groups excluding carboxylic acids is 2. The molecule has 0 radical (unpaired) electrons. The molecule has 1 atom stereocenters. The maximum absolute atomic E-state index is 13.2. The molecule has 1 aliphatic rings. The van der Waals surface area contributed by atoms with E-state index in [-0.39, 0.29) is 11.3 Å². The number of anilines is 1. The summed E-state index contributed by atoms with van der Waals surface area (Å²) in [6.07, 6.45) is 0. The molecule has 1 aromatic rings. The number of nitro groups is 1. The molecule has 19 heavy (non-hydrogen) atoms. The number of fused-ring (bicyclic) bond motifs is 1. The molecular weight excluding hydrogens is 255 g/mol. The largest absolute Gasteiger partial charge is 0.314 e. The normalized spacial score (nSPS) is 22.4. The molecule has 0 saturated carbocycles. The van der Waals surface area contributed by atoms with Crippen molar-refractivity contribution in [2.45, 2.75) is 6.92 Å². The molecule has 0 unspecified atom stereocenters. The minimum Gasteiger partial charge on any atom is -0.314 e. The summed E-state index contributed by atoms with van der Waals surface area (Å²) in [5.74, 6) is -2.01. The third-order valence-electron chi connectivity index (χ3n) is 3.29. The zero-order valence-electron chi connectivity index (χ0n) is 10.3. The van der Waals surface area contributed by atoms with Crippen molar-refractivity contribution in [3.63, 3.8) is 0 Å². The highest BCUT2D eigenvalue weighted by Gasteiger charge is 2.52. The predicted molar refractivity (Wildman–Crippen MR) is 64.1 cm³/mol. The second-order valence-corrected chi connectivity index (χ2v) is 4.68. The third kappa shape index (κ3) is 1.87. The van der Waals surface area contributed by atoms with Gasteiger partial charge >= 0.3 is 0 Å². The lowest BCUT2D eigenvalue weighted by Gasteiger charge is -2.34. The summed E-state index contributed by atoms with van der Waals surface area (Å²) in [5, 5.41) is 10.7. The van der Waals surface area contributed by atoms with Crippen molar-refractivity contribution in [2.24, 2.45) is 5.41 Å². The lowest BCUT2D eigenvalue weighted by atomic mass is 9.77. The second kappa shape index (κ2) is 4.11. The summed E-state index contributed by atoms with van der Waals surface area (Å²) in [5.41, 5.74) is -1.54. The zero-order valence-corrected chi connectivity index (χ0v) is 10.3. The van der Waals surface area contributed by atoms with Crippen LogP contribution in [-0.4, -0.2) is 30.2 Å². The standard InChI is InChI=1S/C12H11FN2O4/c1-12(6-15(18)19)10(16)8-5-7(13)3-4-9(8)14(2)11(12)17/h3-5H,6H2,1-2H3/t12-/m1/s1. The van der Waals surface area contributed by atoms with Gasteiger partial charge in [-0.3, -0.25) is 19.7 Å². The van der Waals surface area contributed by atoms with Crippen LogP contribution < -0.4 is 4.90 Å². The van der Waals surface area contributed by atoms with Crippen molar-refractivity contribution in [3.05, 3.63) is 39.7 Å². The number of amides is 1. The summed E-state index contributed by atoms with van der Waals surface area (Å²) in [7, 11) is 1.41. The number of halogens is 1. The Hall–Kier alpha value is -2.31. The number of benzene rings is 1. The lowest BCUT2D eigenvalue weighted by molar-refractivity contribution is -0.489. The maximum atomic E-state index is 13.2. The number of hydrogen-bond donors (Lipinski definition) is 0. The van der Waals surface area contributed by atoms with Gasteiger partial charge in [0, 0.05) is 17.5 Å². The number of nitrogens with zero attached hydrogens (tertiary/aromatic N) is 2.